The number of aliphatic imine (C=N–C) groups is 1. The average molecular weight is 778 g/mol. The van der Waals surface area contributed by atoms with Crippen molar-refractivity contribution in [1.82, 2.24) is 4.90 Å². The summed E-state index contributed by atoms with van der Waals surface area (Å²) in [7, 11) is 3.55. The minimum atomic E-state index is 0.245. The molecule has 3 rings (SSSR count). The van der Waals surface area contributed by atoms with Crippen LogP contribution in [0.25, 0.3) is 12.2 Å². The van der Waals surface area contributed by atoms with Gasteiger partial charge in [0.15, 0.2) is 0 Å². The number of carbonyl (C=O) groups is 3. The predicted octanol–water partition coefficient (Wildman–Crippen LogP) is 13.0. The summed E-state index contributed by atoms with van der Waals surface area (Å²) in [5.41, 5.74) is 9.78. The number of aldehydes is 2. The Morgan fingerprint density at radius 2 is 1.41 bits per heavy atom. The largest absolute Gasteiger partial charge is 0.333 e. The molecule has 1 fully saturated rings. The predicted molar refractivity (Wildman–Crippen MR) is 253 cm³/mol. The van der Waals surface area contributed by atoms with Gasteiger partial charge in [-0.15, -0.1) is 13.2 Å². The zero-order valence-electron chi connectivity index (χ0n) is 38.3. The topological polar surface area (TPSA) is 92.8 Å². The van der Waals surface area contributed by atoms with E-state index in [-0.39, 0.29) is 6.04 Å². The zero-order valence-corrected chi connectivity index (χ0v) is 38.3. The van der Waals surface area contributed by atoms with Crippen molar-refractivity contribution in [3.8, 4) is 0 Å². The summed E-state index contributed by atoms with van der Waals surface area (Å²) in [6.07, 6.45) is 24.1. The lowest BCUT2D eigenvalue weighted by Crippen LogP contribution is -2.32. The maximum absolute atomic E-state index is 11.4. The van der Waals surface area contributed by atoms with Crippen LogP contribution in [0.1, 0.15) is 155 Å². The number of benzene rings is 2. The van der Waals surface area contributed by atoms with Crippen LogP contribution in [0, 0.1) is 12.8 Å². The van der Waals surface area contributed by atoms with E-state index in [0.29, 0.717) is 12.2 Å². The van der Waals surface area contributed by atoms with Crippen molar-refractivity contribution in [2.75, 3.05) is 27.2 Å². The molecule has 0 aromatic heterocycles. The van der Waals surface area contributed by atoms with Crippen LogP contribution >= 0.6 is 0 Å². The van der Waals surface area contributed by atoms with Gasteiger partial charge in [-0.2, -0.15) is 0 Å². The number of carbonyl (C=O) groups excluding carboxylic acids is 3. The summed E-state index contributed by atoms with van der Waals surface area (Å²) >= 11 is 0. The van der Waals surface area contributed by atoms with Crippen molar-refractivity contribution in [2.45, 2.75) is 152 Å². The van der Waals surface area contributed by atoms with E-state index in [4.69, 9.17) is 4.79 Å². The van der Waals surface area contributed by atoms with Gasteiger partial charge in [-0.25, -0.2) is 0 Å². The summed E-state index contributed by atoms with van der Waals surface area (Å²) in [4.78, 5) is 36.0. The number of likely N-dealkylation sites (N-methyl/N-ethyl adjacent to an activating group) is 1. The second-order valence-electron chi connectivity index (χ2n) is 13.0. The third-order valence-corrected chi connectivity index (χ3v) is 7.63. The highest BCUT2D eigenvalue weighted by molar-refractivity contribution is 5.84. The molecule has 0 aliphatic carbocycles. The molecule has 0 amide bonds. The highest BCUT2D eigenvalue weighted by Gasteiger charge is 2.26. The number of rotatable bonds is 16. The molecule has 6 heteroatoms. The Labute approximate surface area is 347 Å². The molecule has 1 heterocycles. The van der Waals surface area contributed by atoms with Gasteiger partial charge >= 0.3 is 0 Å². The summed E-state index contributed by atoms with van der Waals surface area (Å²) in [6.45, 7) is 29.4. The van der Waals surface area contributed by atoms with Crippen LogP contribution in [0.2, 0.25) is 0 Å². The Kier molecular flexibility index (Phi) is 56.3. The highest BCUT2D eigenvalue weighted by Crippen LogP contribution is 2.18. The Morgan fingerprint density at radius 3 is 1.80 bits per heavy atom. The molecule has 2 aromatic rings. The lowest BCUT2D eigenvalue weighted by Gasteiger charge is -2.17. The monoisotopic (exact) mass is 778 g/mol. The van der Waals surface area contributed by atoms with Gasteiger partial charge in [0.05, 0.1) is 6.04 Å². The quantitative estimate of drug-likeness (QED) is 0.0602. The third-order valence-electron chi connectivity index (χ3n) is 7.63. The van der Waals surface area contributed by atoms with Crippen molar-refractivity contribution in [3.63, 3.8) is 0 Å². The van der Waals surface area contributed by atoms with Crippen LogP contribution in [0.4, 0.5) is 0 Å². The van der Waals surface area contributed by atoms with E-state index < -0.39 is 0 Å². The highest BCUT2D eigenvalue weighted by atomic mass is 16.1. The first-order valence-electron chi connectivity index (χ1n) is 21.3. The number of hydrogen-bond acceptors (Lipinski definition) is 6. The van der Waals surface area contributed by atoms with Gasteiger partial charge < -0.3 is 15.3 Å². The van der Waals surface area contributed by atoms with E-state index >= 15 is 0 Å². The maximum atomic E-state index is 11.4. The second kappa shape index (κ2) is 51.3. The van der Waals surface area contributed by atoms with Gasteiger partial charge in [-0.3, -0.25) is 14.7 Å². The lowest BCUT2D eigenvalue weighted by molar-refractivity contribution is -0.123. The molecule has 6 nitrogen and oxygen atoms in total. The molecular formula is C50H87N3O3. The molecule has 1 aliphatic heterocycles. The first-order valence-corrected chi connectivity index (χ1v) is 21.3. The smallest absolute Gasteiger partial charge is 0.149 e. The van der Waals surface area contributed by atoms with Crippen LogP contribution in [0.3, 0.4) is 0 Å². The molecule has 0 saturated carbocycles. The molecule has 0 bridgehead atoms. The third kappa shape index (κ3) is 43.0. The number of nitrogens with zero attached hydrogens (tertiary/aromatic N) is 2. The number of unbranched alkanes of at least 4 members (excludes halogenated alkanes) is 1. The van der Waals surface area contributed by atoms with Gasteiger partial charge in [0, 0.05) is 25.6 Å². The molecule has 0 radical (unpaired) electrons. The summed E-state index contributed by atoms with van der Waals surface area (Å²) in [5, 5.41) is 0. The van der Waals surface area contributed by atoms with E-state index in [0.717, 1.165) is 63.7 Å². The van der Waals surface area contributed by atoms with E-state index in [1.807, 2.05) is 27.0 Å². The van der Waals surface area contributed by atoms with E-state index in [9.17, 15) is 9.59 Å². The number of nitrogens with two attached hydrogens (primary N) is 1. The Hall–Kier alpha value is -3.74. The maximum Gasteiger partial charge on any atom is 0.149 e. The van der Waals surface area contributed by atoms with E-state index in [2.05, 4.69) is 138 Å². The van der Waals surface area contributed by atoms with Crippen molar-refractivity contribution in [2.24, 2.45) is 16.6 Å². The number of likely N-dealkylation sites (tertiary alicyclic amines) is 1. The van der Waals surface area contributed by atoms with Gasteiger partial charge in [0.25, 0.3) is 0 Å². The number of aryl methyl sites for hydroxylation is 1. The second-order valence-corrected chi connectivity index (χ2v) is 13.0. The Balaban J connectivity index is -0.000000214. The summed E-state index contributed by atoms with van der Waals surface area (Å²) in [5.74, 6) is 1.22. The molecule has 2 N–H and O–H groups in total. The molecular weight excluding hydrogens is 691 g/mol. The number of hydrogen-bond donors (Lipinski definition) is 1. The van der Waals surface area contributed by atoms with Gasteiger partial charge in [-0.1, -0.05) is 159 Å². The minimum absolute atomic E-state index is 0.245. The minimum Gasteiger partial charge on any atom is -0.333 e. The van der Waals surface area contributed by atoms with Crippen molar-refractivity contribution < 1.29 is 14.4 Å². The van der Waals surface area contributed by atoms with Crippen molar-refractivity contribution in [1.29, 1.82) is 0 Å². The first-order chi connectivity index (χ1) is 27.1. The Morgan fingerprint density at radius 1 is 0.911 bits per heavy atom. The number of ketones is 1. The van der Waals surface area contributed by atoms with Crippen molar-refractivity contribution in [3.05, 3.63) is 96.1 Å². The van der Waals surface area contributed by atoms with Gasteiger partial charge in [0.1, 0.15) is 18.4 Å². The molecule has 2 aromatic carbocycles. The summed E-state index contributed by atoms with van der Waals surface area (Å²) < 4.78 is 0. The molecule has 2 unspecified atom stereocenters. The fourth-order valence-electron chi connectivity index (χ4n) is 4.80. The normalized spacial score (nSPS) is 12.8. The fraction of sp³-hybridized carbons (Fsp3) is 0.560. The van der Waals surface area contributed by atoms with Gasteiger partial charge in [0.2, 0.25) is 0 Å². The summed E-state index contributed by atoms with van der Waals surface area (Å²) in [6, 6.07) is 17.9. The first kappa shape index (κ1) is 61.5. The molecule has 56 heavy (non-hydrogen) atoms. The molecule has 1 saturated heterocycles. The number of Topliss-reactive ketones (excluding diaryl/α,β-unsaturated/α-hetero) is 1. The van der Waals surface area contributed by atoms with Crippen LogP contribution in [-0.4, -0.2) is 62.7 Å². The standard InChI is InChI=1S/C22H28.C9H17NO.C7H11NO.C4H8.C3H8.C2H4O.C2H6.CH5N/c1-4-5-6-19(3)17-22-15-13-21(14-16-22)12-11-20-9-7-18(2)8-10-20;1-3-5-9(11)8-6-4-7-10(8)2;1-2-3-5-8-6-4-7-9;1-3-4-2;1-3-2;1-2-3;2*1-2/h7-16,19H,4-6,17H2,1-3H3;8H,3-7H2,1-2H3;2,6-7H,1,3-5H2;3H,1,4H2,2H3;3H2,1-2H3;2H,1H3;1-2H3;2H2,1H3/b12-11+;;;;;;;. The van der Waals surface area contributed by atoms with E-state index in [1.54, 1.807) is 12.3 Å². The fourth-order valence-corrected chi connectivity index (χ4v) is 4.80. The Bertz CT molecular complexity index is 1190. The van der Waals surface area contributed by atoms with Crippen LogP contribution in [0.15, 0.2) is 78.8 Å². The number of allylic oxidation sites excluding steroid dienone is 1. The van der Waals surface area contributed by atoms with Crippen molar-refractivity contribution >= 4 is 36.7 Å². The van der Waals surface area contributed by atoms with Crippen LogP contribution in [0.5, 0.6) is 0 Å². The average Bonchev–Trinajstić information content (AvgIpc) is 3.66. The van der Waals surface area contributed by atoms with Gasteiger partial charge in [-0.05, 0) is 95.6 Å². The molecule has 0 spiro atoms. The lowest BCUT2D eigenvalue weighted by atomic mass is 9.95. The van der Waals surface area contributed by atoms with Crippen LogP contribution < -0.4 is 5.73 Å². The van der Waals surface area contributed by atoms with Crippen LogP contribution in [-0.2, 0) is 20.8 Å². The van der Waals surface area contributed by atoms with E-state index in [1.165, 1.54) is 74.8 Å². The molecule has 1 aliphatic rings. The molecule has 320 valence electrons. The molecule has 2 atom stereocenters. The zero-order chi connectivity index (χ0) is 43.8. The SMILES string of the molecule is C=CCC.C=CCCN=CCC=O.CC.CC=O.CCC.CCCC(=O)C1CCCN1C.CCCCC(C)Cc1ccc(/C=C/c2ccc(C)cc2)cc1.CN.